The Morgan fingerprint density at radius 3 is 2.16 bits per heavy atom. The molecule has 1 fully saturated rings. The zero-order valence-corrected chi connectivity index (χ0v) is 30.0. The number of thioether (sulfide) groups is 1. The minimum Gasteiger partial charge on any atom is -0.463 e. The van der Waals surface area contributed by atoms with Crippen molar-refractivity contribution in [3.8, 4) is 0 Å². The maximum atomic E-state index is 14.1. The fourth-order valence-electron chi connectivity index (χ4n) is 5.59. The average molecular weight is 751 g/mol. The number of hydrogen-bond donors (Lipinski definition) is 0. The smallest absolute Gasteiger partial charge is 0.303 e. The molecule has 0 saturated carbocycles. The lowest BCUT2D eigenvalue weighted by atomic mass is 9.99. The molecular weight excluding hydrogens is 721 g/mol. The van der Waals surface area contributed by atoms with Gasteiger partial charge >= 0.3 is 23.9 Å². The molecule has 5 atom stereocenters. The number of ether oxygens (including phenoxy) is 5. The number of hydrogen-bond acceptors (Lipinski definition) is 15. The van der Waals surface area contributed by atoms with E-state index in [1.165, 1.54) is 34.5 Å². The third-order valence-corrected chi connectivity index (χ3v) is 11.0. The summed E-state index contributed by atoms with van der Waals surface area (Å²) in [6.45, 7) is 4.20. The number of carbonyl (C=O) groups is 5. The highest BCUT2D eigenvalue weighted by Crippen LogP contribution is 2.39. The third-order valence-electron chi connectivity index (χ3n) is 7.59. The van der Waals surface area contributed by atoms with Crippen LogP contribution in [-0.2, 0) is 47.7 Å². The quantitative estimate of drug-likeness (QED) is 0.134. The van der Waals surface area contributed by atoms with Crippen LogP contribution in [0.4, 0.5) is 5.69 Å². The van der Waals surface area contributed by atoms with Gasteiger partial charge in [0, 0.05) is 42.7 Å². The first-order valence-corrected chi connectivity index (χ1v) is 18.0. The summed E-state index contributed by atoms with van der Waals surface area (Å²) in [6, 6.07) is 17.8. The molecule has 16 heteroatoms. The summed E-state index contributed by atoms with van der Waals surface area (Å²) in [4.78, 5) is 82.6. The Kier molecular flexibility index (Phi) is 10.7. The second kappa shape index (κ2) is 15.1. The summed E-state index contributed by atoms with van der Waals surface area (Å²) in [6.07, 6.45) is -3.68. The fourth-order valence-corrected chi connectivity index (χ4v) is 9.21. The van der Waals surface area contributed by atoms with Gasteiger partial charge in [0.25, 0.3) is 5.91 Å². The van der Waals surface area contributed by atoms with Crippen LogP contribution >= 0.6 is 34.4 Å². The normalized spacial score (nSPS) is 22.5. The molecule has 6 rings (SSSR count). The molecule has 5 unspecified atom stereocenters. The lowest BCUT2D eigenvalue weighted by Crippen LogP contribution is -2.61. The monoisotopic (exact) mass is 750 g/mol. The molecule has 0 N–H and O–H groups in total. The van der Waals surface area contributed by atoms with Crippen LogP contribution in [0.3, 0.4) is 0 Å². The second-order valence-electron chi connectivity index (χ2n) is 11.4. The largest absolute Gasteiger partial charge is 0.463 e. The van der Waals surface area contributed by atoms with Gasteiger partial charge in [-0.15, -0.1) is 22.7 Å². The summed E-state index contributed by atoms with van der Waals surface area (Å²) >= 11 is 3.74. The molecule has 51 heavy (non-hydrogen) atoms. The minimum atomic E-state index is -1.39. The predicted molar refractivity (Wildman–Crippen MR) is 192 cm³/mol. The van der Waals surface area contributed by atoms with Gasteiger partial charge in [0.1, 0.15) is 18.4 Å². The third kappa shape index (κ3) is 7.88. The molecule has 4 heterocycles. The van der Waals surface area contributed by atoms with Crippen LogP contribution in [0, 0.1) is 0 Å². The van der Waals surface area contributed by atoms with Gasteiger partial charge < -0.3 is 23.7 Å². The SMILES string of the molecule is CC(=O)OCC1OC(SC2=N/C(=C/c3cc4c(=O)c5ccccc5sc4s3)C(=O)N2c2ccccc2)C(OC(C)=O)C(OC(C)=O)C1OC(C)=O. The van der Waals surface area contributed by atoms with Gasteiger partial charge in [0.15, 0.2) is 34.3 Å². The van der Waals surface area contributed by atoms with Gasteiger partial charge in [0.2, 0.25) is 0 Å². The van der Waals surface area contributed by atoms with Crippen LogP contribution in [-0.4, -0.2) is 71.4 Å². The first-order valence-electron chi connectivity index (χ1n) is 15.5. The second-order valence-corrected chi connectivity index (χ2v) is 14.8. The number of carbonyl (C=O) groups excluding carboxylic acids is 5. The number of amides is 1. The molecule has 13 nitrogen and oxygen atoms in total. The number of aliphatic imine (C=N–C) groups is 1. The minimum absolute atomic E-state index is 0.0561. The Morgan fingerprint density at radius 1 is 0.824 bits per heavy atom. The van der Waals surface area contributed by atoms with Crippen molar-refractivity contribution in [3.05, 3.63) is 81.5 Å². The highest BCUT2D eigenvalue weighted by molar-refractivity contribution is 8.14. The molecule has 1 amide bonds. The van der Waals surface area contributed by atoms with E-state index in [4.69, 9.17) is 23.7 Å². The molecule has 2 aromatic heterocycles. The standard InChI is InChI=1S/C35H30N2O11S3/c1-17(38)44-16-26-29(45-18(2)39)30(46-19(3)40)31(47-20(4)41)33(48-26)51-35-36-25(32(43)37(35)21-10-6-5-7-11-21)15-22-14-24-28(42)23-12-8-9-13-27(23)50-34(24)49-22/h5-15,26,29-31,33H,16H2,1-4H3/b25-15+. The number of esters is 4. The van der Waals surface area contributed by atoms with Crippen LogP contribution in [0.2, 0.25) is 0 Å². The summed E-state index contributed by atoms with van der Waals surface area (Å²) in [5.74, 6) is -3.41. The number of rotatable bonds is 8. The molecule has 0 radical (unpaired) electrons. The van der Waals surface area contributed by atoms with E-state index in [-0.39, 0.29) is 16.3 Å². The zero-order valence-electron chi connectivity index (χ0n) is 27.6. The van der Waals surface area contributed by atoms with Crippen LogP contribution in [0.5, 0.6) is 0 Å². The predicted octanol–water partition coefficient (Wildman–Crippen LogP) is 5.04. The summed E-state index contributed by atoms with van der Waals surface area (Å²) in [5, 5.41) is 1.27. The maximum absolute atomic E-state index is 14.1. The van der Waals surface area contributed by atoms with E-state index in [2.05, 4.69) is 4.99 Å². The topological polar surface area (TPSA) is 164 Å². The Hall–Kier alpha value is -4.90. The molecular formula is C35H30N2O11S3. The summed E-state index contributed by atoms with van der Waals surface area (Å²) in [7, 11) is 0. The van der Waals surface area contributed by atoms with Crippen molar-refractivity contribution in [1.29, 1.82) is 0 Å². The molecule has 0 bridgehead atoms. The summed E-state index contributed by atoms with van der Waals surface area (Å²) < 4.78 is 29.8. The number of anilines is 1. The molecule has 264 valence electrons. The van der Waals surface area contributed by atoms with Gasteiger partial charge in [-0.3, -0.25) is 33.7 Å². The molecule has 4 aromatic rings. The number of thiophene rings is 1. The van der Waals surface area contributed by atoms with Crippen molar-refractivity contribution in [2.45, 2.75) is 57.5 Å². The van der Waals surface area contributed by atoms with Gasteiger partial charge in [-0.1, -0.05) is 42.1 Å². The molecule has 2 aliphatic rings. The van der Waals surface area contributed by atoms with Gasteiger partial charge in [-0.25, -0.2) is 4.99 Å². The van der Waals surface area contributed by atoms with E-state index in [1.54, 1.807) is 48.5 Å². The Balaban J connectivity index is 1.42. The number of nitrogens with zero attached hydrogens (tertiary/aromatic N) is 2. The Morgan fingerprint density at radius 2 is 1.47 bits per heavy atom. The van der Waals surface area contributed by atoms with E-state index >= 15 is 0 Å². The average Bonchev–Trinajstić information content (AvgIpc) is 3.62. The Labute approximate surface area is 302 Å². The van der Waals surface area contributed by atoms with Gasteiger partial charge in [0.05, 0.1) is 15.1 Å². The van der Waals surface area contributed by atoms with E-state index in [9.17, 15) is 28.8 Å². The first-order chi connectivity index (χ1) is 24.4. The van der Waals surface area contributed by atoms with Crippen molar-refractivity contribution >= 4 is 101 Å². The molecule has 2 aromatic carbocycles. The van der Waals surface area contributed by atoms with Crippen molar-refractivity contribution in [2.75, 3.05) is 11.5 Å². The molecule has 0 aliphatic carbocycles. The molecule has 1 saturated heterocycles. The van der Waals surface area contributed by atoms with E-state index in [0.717, 1.165) is 41.2 Å². The van der Waals surface area contributed by atoms with Crippen molar-refractivity contribution in [1.82, 2.24) is 0 Å². The van der Waals surface area contributed by atoms with E-state index in [0.29, 0.717) is 21.3 Å². The molecule has 0 spiro atoms. The number of benzene rings is 2. The fraction of sp³-hybridized carbons (Fsp3) is 0.286. The van der Waals surface area contributed by atoms with Gasteiger partial charge in [-0.2, -0.15) is 0 Å². The highest BCUT2D eigenvalue weighted by Gasteiger charge is 2.53. The highest BCUT2D eigenvalue weighted by atomic mass is 32.2. The van der Waals surface area contributed by atoms with Crippen molar-refractivity contribution < 1.29 is 47.7 Å². The van der Waals surface area contributed by atoms with E-state index < -0.39 is 66.2 Å². The van der Waals surface area contributed by atoms with Crippen molar-refractivity contribution in [2.24, 2.45) is 4.99 Å². The van der Waals surface area contributed by atoms with Crippen LogP contribution in [0.1, 0.15) is 32.6 Å². The van der Waals surface area contributed by atoms with Crippen LogP contribution < -0.4 is 10.3 Å². The van der Waals surface area contributed by atoms with Crippen molar-refractivity contribution in [3.63, 3.8) is 0 Å². The number of fused-ring (bicyclic) bond motifs is 2. The van der Waals surface area contributed by atoms with Gasteiger partial charge in [-0.05, 0) is 36.4 Å². The lowest BCUT2D eigenvalue weighted by molar-refractivity contribution is -0.237. The summed E-state index contributed by atoms with van der Waals surface area (Å²) in [5.41, 5.74) is -0.799. The van der Waals surface area contributed by atoms with Crippen LogP contribution in [0.15, 0.2) is 76.1 Å². The lowest BCUT2D eigenvalue weighted by Gasteiger charge is -2.44. The zero-order chi connectivity index (χ0) is 36.4. The first kappa shape index (κ1) is 35.9. The number of para-hydroxylation sites is 1. The number of amidine groups is 1. The van der Waals surface area contributed by atoms with E-state index in [1.807, 2.05) is 18.2 Å². The molecule has 2 aliphatic heterocycles. The maximum Gasteiger partial charge on any atom is 0.303 e. The van der Waals surface area contributed by atoms with Crippen LogP contribution in [0.25, 0.3) is 25.6 Å². The Bertz CT molecular complexity index is 2160.